The number of rotatable bonds is 38. The highest BCUT2D eigenvalue weighted by atomic mass is 31.2. The molecule has 1 aliphatic rings. The van der Waals surface area contributed by atoms with Crippen molar-refractivity contribution in [3.63, 3.8) is 0 Å². The lowest BCUT2D eigenvalue weighted by atomic mass is 9.85. The van der Waals surface area contributed by atoms with E-state index < -0.39 is 75.2 Å². The molecule has 60 heavy (non-hydrogen) atoms. The van der Waals surface area contributed by atoms with E-state index in [1.54, 1.807) is 6.08 Å². The van der Waals surface area contributed by atoms with Gasteiger partial charge in [-0.15, -0.1) is 0 Å². The van der Waals surface area contributed by atoms with Crippen LogP contribution >= 0.6 is 7.82 Å². The number of allylic oxidation sites excluding steroid dienone is 5. The molecule has 13 nitrogen and oxygen atoms in total. The van der Waals surface area contributed by atoms with Crippen molar-refractivity contribution in [2.45, 2.75) is 242 Å². The quantitative estimate of drug-likeness (QED) is 0.0165. The minimum absolute atomic E-state index is 0.264. The number of hydrogen-bond donors (Lipinski definition) is 9. The summed E-state index contributed by atoms with van der Waals surface area (Å²) in [7, 11) is -5.15. The molecule has 9 N–H and O–H groups in total. The summed E-state index contributed by atoms with van der Waals surface area (Å²) in [6.07, 6.45) is 26.9. The Kier molecular flexibility index (Phi) is 33.8. The van der Waals surface area contributed by atoms with Gasteiger partial charge in [-0.2, -0.15) is 0 Å². The summed E-state index contributed by atoms with van der Waals surface area (Å²) in [6, 6.07) is -1.26. The number of unbranched alkanes of at least 4 members (excludes halogenated alkanes) is 21. The van der Waals surface area contributed by atoms with Crippen LogP contribution in [0.1, 0.15) is 187 Å². The number of aliphatic hydroxyl groups is 7. The zero-order valence-corrected chi connectivity index (χ0v) is 38.0. The molecule has 1 amide bonds. The van der Waals surface area contributed by atoms with Crippen molar-refractivity contribution in [2.75, 3.05) is 6.61 Å². The van der Waals surface area contributed by atoms with Crippen molar-refractivity contribution < 1.29 is 59.0 Å². The Hall–Kier alpha value is -1.48. The van der Waals surface area contributed by atoms with Crippen LogP contribution in [-0.2, 0) is 18.4 Å². The third-order valence-corrected chi connectivity index (χ3v) is 12.2. The summed E-state index contributed by atoms with van der Waals surface area (Å²) in [5.74, 6) is -0.615. The van der Waals surface area contributed by atoms with Crippen molar-refractivity contribution in [1.29, 1.82) is 0 Å². The molecular weight excluding hydrogens is 789 g/mol. The molecular formula is C46H86NO12P. The van der Waals surface area contributed by atoms with Crippen LogP contribution in [0.2, 0.25) is 0 Å². The molecule has 14 heteroatoms. The van der Waals surface area contributed by atoms with E-state index in [1.807, 2.05) is 0 Å². The van der Waals surface area contributed by atoms with Crippen LogP contribution in [0.3, 0.4) is 0 Å². The van der Waals surface area contributed by atoms with E-state index >= 15 is 0 Å². The minimum atomic E-state index is -5.15. The molecule has 8 unspecified atom stereocenters. The zero-order valence-electron chi connectivity index (χ0n) is 37.1. The Labute approximate surface area is 362 Å². The molecule has 0 aliphatic heterocycles. The first-order chi connectivity index (χ1) is 28.8. The van der Waals surface area contributed by atoms with Crippen LogP contribution in [0.15, 0.2) is 36.5 Å². The van der Waals surface area contributed by atoms with E-state index in [0.717, 1.165) is 57.8 Å². The standard InChI is InChI=1S/C46H86NO12P/c1-3-5-7-9-11-13-14-15-16-17-18-19-20-21-22-23-24-26-28-30-32-34-39(49)38(47-40(50)35-37(48)33-31-29-27-25-12-10-8-6-4-2)36-58-60(56,57)59-46-44(54)42(52)41(51)43(53)45(46)55/h10,12,24,26,32,34,37-39,41-46,48-49,51-55H,3-9,11,13-23,25,27-31,33,35-36H2,1-2H3,(H,47,50)(H,56,57)/b12-10-,26-24+,34-32+. The molecule has 1 rings (SSSR count). The molecule has 0 heterocycles. The third-order valence-electron chi connectivity index (χ3n) is 11.2. The van der Waals surface area contributed by atoms with Gasteiger partial charge in [-0.05, 0) is 51.4 Å². The third kappa shape index (κ3) is 27.6. The smallest absolute Gasteiger partial charge is 0.393 e. The van der Waals surface area contributed by atoms with Crippen molar-refractivity contribution in [2.24, 2.45) is 0 Å². The fourth-order valence-corrected chi connectivity index (χ4v) is 8.26. The summed E-state index contributed by atoms with van der Waals surface area (Å²) in [5, 5.41) is 74.3. The number of aliphatic hydroxyl groups excluding tert-OH is 7. The van der Waals surface area contributed by atoms with Crippen LogP contribution in [0.5, 0.6) is 0 Å². The van der Waals surface area contributed by atoms with Gasteiger partial charge in [0.1, 0.15) is 36.6 Å². The molecule has 0 bridgehead atoms. The monoisotopic (exact) mass is 876 g/mol. The number of carbonyl (C=O) groups excluding carboxylic acids is 1. The zero-order chi connectivity index (χ0) is 44.4. The lowest BCUT2D eigenvalue weighted by Crippen LogP contribution is -2.64. The van der Waals surface area contributed by atoms with E-state index in [0.29, 0.717) is 12.8 Å². The maximum absolute atomic E-state index is 12.9. The molecule has 8 atom stereocenters. The molecule has 1 saturated carbocycles. The topological polar surface area (TPSA) is 226 Å². The first kappa shape index (κ1) is 56.5. The number of phosphoric acid groups is 1. The largest absolute Gasteiger partial charge is 0.472 e. The normalized spacial score (nSPS) is 23.7. The van der Waals surface area contributed by atoms with Gasteiger partial charge in [0.25, 0.3) is 0 Å². The second kappa shape index (κ2) is 35.9. The maximum atomic E-state index is 12.9. The van der Waals surface area contributed by atoms with Crippen LogP contribution in [0.4, 0.5) is 0 Å². The average molecular weight is 876 g/mol. The van der Waals surface area contributed by atoms with Crippen molar-refractivity contribution in [3.8, 4) is 0 Å². The Balaban J connectivity index is 2.54. The van der Waals surface area contributed by atoms with Crippen LogP contribution in [0.25, 0.3) is 0 Å². The van der Waals surface area contributed by atoms with Gasteiger partial charge in [0.2, 0.25) is 5.91 Å². The van der Waals surface area contributed by atoms with E-state index in [-0.39, 0.29) is 6.42 Å². The van der Waals surface area contributed by atoms with E-state index in [1.165, 1.54) is 102 Å². The van der Waals surface area contributed by atoms with Gasteiger partial charge in [0.15, 0.2) is 0 Å². The molecule has 0 saturated heterocycles. The Morgan fingerprint density at radius 3 is 1.52 bits per heavy atom. The van der Waals surface area contributed by atoms with Crippen LogP contribution in [0, 0.1) is 0 Å². The second-order valence-electron chi connectivity index (χ2n) is 16.8. The fourth-order valence-electron chi connectivity index (χ4n) is 7.30. The second-order valence-corrected chi connectivity index (χ2v) is 18.2. The van der Waals surface area contributed by atoms with Crippen molar-refractivity contribution in [3.05, 3.63) is 36.5 Å². The average Bonchev–Trinajstić information content (AvgIpc) is 3.22. The maximum Gasteiger partial charge on any atom is 0.472 e. The fraction of sp³-hybridized carbons (Fsp3) is 0.848. The van der Waals surface area contributed by atoms with Gasteiger partial charge in [-0.1, -0.05) is 166 Å². The Morgan fingerprint density at radius 2 is 1.00 bits per heavy atom. The Bertz CT molecular complexity index is 1170. The highest BCUT2D eigenvalue weighted by molar-refractivity contribution is 7.47. The summed E-state index contributed by atoms with van der Waals surface area (Å²) in [6.45, 7) is 3.66. The number of nitrogens with one attached hydrogen (secondary N) is 1. The Morgan fingerprint density at radius 1 is 0.583 bits per heavy atom. The van der Waals surface area contributed by atoms with Crippen molar-refractivity contribution in [1.82, 2.24) is 5.32 Å². The first-order valence-electron chi connectivity index (χ1n) is 23.5. The number of carbonyl (C=O) groups is 1. The predicted octanol–water partition coefficient (Wildman–Crippen LogP) is 7.75. The molecule has 1 aliphatic carbocycles. The van der Waals surface area contributed by atoms with Gasteiger partial charge in [0, 0.05) is 0 Å². The summed E-state index contributed by atoms with van der Waals surface area (Å²) >= 11 is 0. The van der Waals surface area contributed by atoms with Gasteiger partial charge in [-0.25, -0.2) is 4.57 Å². The van der Waals surface area contributed by atoms with E-state index in [2.05, 4.69) is 43.5 Å². The SMILES string of the molecule is CCCC/C=C\CCCCCC(O)CC(=O)NC(COP(=O)(O)OC1C(O)C(O)C(O)C(O)C1O)C(O)/C=C/CC/C=C/CCCCCCCCCCCCCCCCC. The van der Waals surface area contributed by atoms with Crippen molar-refractivity contribution >= 4 is 13.7 Å². The highest BCUT2D eigenvalue weighted by Gasteiger charge is 2.51. The number of phosphoric ester groups is 1. The predicted molar refractivity (Wildman–Crippen MR) is 238 cm³/mol. The van der Waals surface area contributed by atoms with Gasteiger partial charge in [0.05, 0.1) is 31.3 Å². The molecule has 0 aromatic carbocycles. The molecule has 0 aromatic rings. The number of hydrogen-bond acceptors (Lipinski definition) is 11. The summed E-state index contributed by atoms with van der Waals surface area (Å²) in [4.78, 5) is 23.4. The summed E-state index contributed by atoms with van der Waals surface area (Å²) < 4.78 is 22.8. The molecule has 0 aromatic heterocycles. The van der Waals surface area contributed by atoms with E-state index in [4.69, 9.17) is 9.05 Å². The first-order valence-corrected chi connectivity index (χ1v) is 25.0. The number of amides is 1. The van der Waals surface area contributed by atoms with Gasteiger partial charge < -0.3 is 46.0 Å². The van der Waals surface area contributed by atoms with Gasteiger partial charge in [-0.3, -0.25) is 13.8 Å². The summed E-state index contributed by atoms with van der Waals surface area (Å²) in [5.41, 5.74) is 0. The van der Waals surface area contributed by atoms with Crippen LogP contribution < -0.4 is 5.32 Å². The molecule has 0 radical (unpaired) electrons. The minimum Gasteiger partial charge on any atom is -0.393 e. The van der Waals surface area contributed by atoms with E-state index in [9.17, 15) is 50.0 Å². The lowest BCUT2D eigenvalue weighted by molar-refractivity contribution is -0.220. The lowest BCUT2D eigenvalue weighted by Gasteiger charge is -2.41. The van der Waals surface area contributed by atoms with Gasteiger partial charge >= 0.3 is 7.82 Å². The molecule has 352 valence electrons. The highest BCUT2D eigenvalue weighted by Crippen LogP contribution is 2.47. The molecule has 1 fully saturated rings. The molecule has 0 spiro atoms. The van der Waals surface area contributed by atoms with Crippen LogP contribution in [-0.4, -0.2) is 108 Å².